The Morgan fingerprint density at radius 1 is 0.688 bits per heavy atom. The number of rotatable bonds is 9. The third kappa shape index (κ3) is 7.17. The first-order valence-electron chi connectivity index (χ1n) is 6.52. The number of nitrogens with two attached hydrogens (primary N) is 3. The molecule has 0 amide bonds. The Hall–Kier alpha value is -0.160. The van der Waals surface area contributed by atoms with E-state index in [4.69, 9.17) is 17.2 Å². The third-order valence-electron chi connectivity index (χ3n) is 3.05. The molecule has 0 aliphatic carbocycles. The molecule has 0 bridgehead atoms. The van der Waals surface area contributed by atoms with E-state index >= 15 is 0 Å². The van der Waals surface area contributed by atoms with Crippen molar-refractivity contribution in [3.05, 3.63) is 0 Å². The summed E-state index contributed by atoms with van der Waals surface area (Å²) < 4.78 is 0. The van der Waals surface area contributed by atoms with Crippen LogP contribution in [0.4, 0.5) is 0 Å². The summed E-state index contributed by atoms with van der Waals surface area (Å²) >= 11 is 0. The molecule has 0 radical (unpaired) electrons. The van der Waals surface area contributed by atoms with Gasteiger partial charge in [-0.05, 0) is 19.3 Å². The molecular formula is C12H30N4. The minimum Gasteiger partial charge on any atom is -0.327 e. The summed E-state index contributed by atoms with van der Waals surface area (Å²) in [6, 6.07) is 0.689. The van der Waals surface area contributed by atoms with Gasteiger partial charge in [-0.2, -0.15) is 0 Å². The topological polar surface area (TPSA) is 81.3 Å². The molecule has 0 saturated carbocycles. The summed E-state index contributed by atoms with van der Waals surface area (Å²) in [6.07, 6.45) is 3.00. The van der Waals surface area contributed by atoms with Crippen LogP contribution in [0.3, 0.4) is 0 Å². The summed E-state index contributed by atoms with van der Waals surface area (Å²) in [5.41, 5.74) is 18.0. The maximum atomic E-state index is 5.98. The Morgan fingerprint density at radius 2 is 0.938 bits per heavy atom. The lowest BCUT2D eigenvalue weighted by molar-refractivity contribution is 0.223. The zero-order chi connectivity index (χ0) is 12.6. The second-order valence-corrected chi connectivity index (χ2v) is 4.72. The molecule has 0 aromatic rings. The van der Waals surface area contributed by atoms with Crippen LogP contribution in [-0.4, -0.2) is 42.7 Å². The molecule has 0 spiro atoms. The Kier molecular flexibility index (Phi) is 8.84. The van der Waals surface area contributed by atoms with Crippen LogP contribution in [0.5, 0.6) is 0 Å². The van der Waals surface area contributed by atoms with Crippen LogP contribution in [0.25, 0.3) is 0 Å². The van der Waals surface area contributed by atoms with Crippen LogP contribution in [0.1, 0.15) is 40.0 Å². The van der Waals surface area contributed by atoms with Crippen molar-refractivity contribution in [3.63, 3.8) is 0 Å². The van der Waals surface area contributed by atoms with Crippen molar-refractivity contribution >= 4 is 0 Å². The van der Waals surface area contributed by atoms with E-state index in [-0.39, 0.29) is 18.1 Å². The van der Waals surface area contributed by atoms with Gasteiger partial charge >= 0.3 is 0 Å². The average Bonchev–Trinajstić information content (AvgIpc) is 2.28. The smallest absolute Gasteiger partial charge is 0.0165 e. The highest BCUT2D eigenvalue weighted by Crippen LogP contribution is 2.01. The van der Waals surface area contributed by atoms with Gasteiger partial charge in [-0.15, -0.1) is 0 Å². The molecule has 0 saturated heterocycles. The molecule has 0 aromatic carbocycles. The minimum atomic E-state index is 0.230. The second-order valence-electron chi connectivity index (χ2n) is 4.72. The molecule has 3 atom stereocenters. The summed E-state index contributed by atoms with van der Waals surface area (Å²) in [5.74, 6) is 0. The maximum absolute atomic E-state index is 5.98. The van der Waals surface area contributed by atoms with Crippen molar-refractivity contribution < 1.29 is 0 Å². The fourth-order valence-corrected chi connectivity index (χ4v) is 1.61. The zero-order valence-corrected chi connectivity index (χ0v) is 11.2. The van der Waals surface area contributed by atoms with Gasteiger partial charge in [-0.1, -0.05) is 20.8 Å². The largest absolute Gasteiger partial charge is 0.327 e. The maximum Gasteiger partial charge on any atom is 0.0165 e. The van der Waals surface area contributed by atoms with E-state index in [0.717, 1.165) is 38.9 Å². The molecule has 16 heavy (non-hydrogen) atoms. The molecule has 4 heteroatoms. The van der Waals surface area contributed by atoms with Gasteiger partial charge in [0.05, 0.1) is 0 Å². The molecule has 3 unspecified atom stereocenters. The second kappa shape index (κ2) is 8.93. The van der Waals surface area contributed by atoms with Crippen molar-refractivity contribution in [2.45, 2.75) is 58.2 Å². The van der Waals surface area contributed by atoms with E-state index in [9.17, 15) is 0 Å². The molecule has 0 heterocycles. The average molecular weight is 230 g/mol. The number of hydrogen-bond acceptors (Lipinski definition) is 4. The lowest BCUT2D eigenvalue weighted by Gasteiger charge is -2.29. The lowest BCUT2D eigenvalue weighted by Crippen LogP contribution is -2.47. The van der Waals surface area contributed by atoms with Crippen LogP contribution in [0.15, 0.2) is 0 Å². The molecular weight excluding hydrogens is 200 g/mol. The van der Waals surface area contributed by atoms with Gasteiger partial charge in [0.2, 0.25) is 0 Å². The first-order valence-corrected chi connectivity index (χ1v) is 6.52. The van der Waals surface area contributed by atoms with E-state index < -0.39 is 0 Å². The predicted octanol–water partition coefficient (Wildman–Crippen LogP) is 0.500. The molecule has 0 aliphatic heterocycles. The molecule has 0 fully saturated rings. The summed E-state index contributed by atoms with van der Waals surface area (Å²) in [7, 11) is 0. The van der Waals surface area contributed by atoms with E-state index in [0.29, 0.717) is 0 Å². The quantitative estimate of drug-likeness (QED) is 0.539. The van der Waals surface area contributed by atoms with E-state index in [1.165, 1.54) is 0 Å². The first kappa shape index (κ1) is 15.8. The van der Waals surface area contributed by atoms with Crippen LogP contribution in [0, 0.1) is 0 Å². The predicted molar refractivity (Wildman–Crippen MR) is 71.2 cm³/mol. The molecule has 98 valence electrons. The molecule has 0 rings (SSSR count). The van der Waals surface area contributed by atoms with Crippen molar-refractivity contribution in [2.75, 3.05) is 19.6 Å². The van der Waals surface area contributed by atoms with Gasteiger partial charge in [-0.3, -0.25) is 4.90 Å². The minimum absolute atomic E-state index is 0.230. The van der Waals surface area contributed by atoms with Crippen LogP contribution < -0.4 is 17.2 Å². The summed E-state index contributed by atoms with van der Waals surface area (Å²) in [6.45, 7) is 9.04. The highest BCUT2D eigenvalue weighted by molar-refractivity contribution is 4.75. The molecule has 0 aromatic heterocycles. The monoisotopic (exact) mass is 230 g/mol. The van der Waals surface area contributed by atoms with E-state index in [1.807, 2.05) is 0 Å². The molecule has 4 nitrogen and oxygen atoms in total. The SMILES string of the molecule is CCC(N)CN(CC(N)CC)CC(N)CC. The Morgan fingerprint density at radius 3 is 1.12 bits per heavy atom. The van der Waals surface area contributed by atoms with Crippen LogP contribution in [-0.2, 0) is 0 Å². The Bertz CT molecular complexity index is 135. The lowest BCUT2D eigenvalue weighted by atomic mass is 10.1. The van der Waals surface area contributed by atoms with Crippen molar-refractivity contribution in [3.8, 4) is 0 Å². The molecule has 0 aliphatic rings. The highest BCUT2D eigenvalue weighted by Gasteiger charge is 2.14. The standard InChI is InChI=1S/C12H30N4/c1-4-10(13)7-16(8-11(14)5-2)9-12(15)6-3/h10-12H,4-9,13-15H2,1-3H3. The van der Waals surface area contributed by atoms with Gasteiger partial charge in [0.1, 0.15) is 0 Å². The molecule has 6 N–H and O–H groups in total. The highest BCUT2D eigenvalue weighted by atomic mass is 15.2. The number of hydrogen-bond donors (Lipinski definition) is 3. The van der Waals surface area contributed by atoms with Gasteiger partial charge in [0.25, 0.3) is 0 Å². The van der Waals surface area contributed by atoms with Gasteiger partial charge < -0.3 is 17.2 Å². The van der Waals surface area contributed by atoms with Gasteiger partial charge in [-0.25, -0.2) is 0 Å². The van der Waals surface area contributed by atoms with Crippen molar-refractivity contribution in [1.82, 2.24) is 4.90 Å². The normalized spacial score (nSPS) is 17.4. The van der Waals surface area contributed by atoms with E-state index in [2.05, 4.69) is 25.7 Å². The van der Waals surface area contributed by atoms with Crippen molar-refractivity contribution in [1.29, 1.82) is 0 Å². The zero-order valence-electron chi connectivity index (χ0n) is 11.2. The first-order chi connectivity index (χ1) is 7.53. The van der Waals surface area contributed by atoms with Crippen LogP contribution >= 0.6 is 0 Å². The number of nitrogens with zero attached hydrogens (tertiary/aromatic N) is 1. The Balaban J connectivity index is 4.15. The van der Waals surface area contributed by atoms with Gasteiger partial charge in [0.15, 0.2) is 0 Å². The summed E-state index contributed by atoms with van der Waals surface area (Å²) in [5, 5.41) is 0. The Labute approximate surface area is 101 Å². The summed E-state index contributed by atoms with van der Waals surface area (Å²) in [4.78, 5) is 2.32. The van der Waals surface area contributed by atoms with Gasteiger partial charge in [0, 0.05) is 37.8 Å². The van der Waals surface area contributed by atoms with E-state index in [1.54, 1.807) is 0 Å². The fourth-order valence-electron chi connectivity index (χ4n) is 1.61. The fraction of sp³-hybridized carbons (Fsp3) is 1.00. The van der Waals surface area contributed by atoms with Crippen molar-refractivity contribution in [2.24, 2.45) is 17.2 Å². The van der Waals surface area contributed by atoms with Crippen LogP contribution in [0.2, 0.25) is 0 Å². The third-order valence-corrected chi connectivity index (χ3v) is 3.05.